The molecule has 3 nitrogen and oxygen atoms in total. The molecular weight excluding hydrogens is 234 g/mol. The van der Waals surface area contributed by atoms with Gasteiger partial charge in [-0.1, -0.05) is 17.7 Å². The van der Waals surface area contributed by atoms with Crippen molar-refractivity contribution in [2.75, 3.05) is 17.2 Å². The summed E-state index contributed by atoms with van der Waals surface area (Å²) in [5.74, 6) is 0.997. The van der Waals surface area contributed by atoms with Crippen LogP contribution in [-0.2, 0) is 6.42 Å². The minimum atomic E-state index is 0.755. The number of hydrogen-bond acceptors (Lipinski definition) is 3. The Kier molecular flexibility index (Phi) is 2.90. The number of nitrogens with zero attached hydrogens (tertiary/aromatic N) is 2. The highest BCUT2D eigenvalue weighted by Gasteiger charge is 2.19. The minimum Gasteiger partial charge on any atom is -0.397 e. The number of rotatable bonds is 1. The number of hydrogen-bond donors (Lipinski definition) is 1. The number of aromatic nitrogens is 1. The Labute approximate surface area is 114 Å². The molecule has 1 aliphatic rings. The van der Waals surface area contributed by atoms with Crippen molar-refractivity contribution in [2.24, 2.45) is 0 Å². The first-order chi connectivity index (χ1) is 9.15. The van der Waals surface area contributed by atoms with Crippen LogP contribution in [0.4, 0.5) is 17.2 Å². The molecule has 1 aromatic heterocycles. The van der Waals surface area contributed by atoms with Crippen molar-refractivity contribution in [3.63, 3.8) is 0 Å². The number of nitrogen functional groups attached to an aromatic ring is 1. The van der Waals surface area contributed by atoms with Crippen LogP contribution < -0.4 is 10.6 Å². The molecule has 2 heterocycles. The first-order valence-corrected chi connectivity index (χ1v) is 6.74. The van der Waals surface area contributed by atoms with Crippen LogP contribution in [0.5, 0.6) is 0 Å². The van der Waals surface area contributed by atoms with E-state index in [1.165, 1.54) is 23.2 Å². The molecule has 98 valence electrons. The highest BCUT2D eigenvalue weighted by atomic mass is 15.2. The second-order valence-electron chi connectivity index (χ2n) is 5.29. The molecule has 1 aliphatic heterocycles. The molecule has 2 N–H and O–H groups in total. The highest BCUT2D eigenvalue weighted by molar-refractivity contribution is 5.67. The molecule has 1 aromatic carbocycles. The van der Waals surface area contributed by atoms with Gasteiger partial charge in [0.05, 0.1) is 11.9 Å². The third-order valence-corrected chi connectivity index (χ3v) is 3.77. The average molecular weight is 253 g/mol. The Hall–Kier alpha value is -2.03. The van der Waals surface area contributed by atoms with Gasteiger partial charge < -0.3 is 10.6 Å². The van der Waals surface area contributed by atoms with Crippen molar-refractivity contribution in [1.29, 1.82) is 0 Å². The van der Waals surface area contributed by atoms with Crippen LogP contribution >= 0.6 is 0 Å². The van der Waals surface area contributed by atoms with E-state index in [1.807, 2.05) is 6.92 Å². The van der Waals surface area contributed by atoms with Gasteiger partial charge >= 0.3 is 0 Å². The molecule has 0 spiro atoms. The summed E-state index contributed by atoms with van der Waals surface area (Å²) in [6, 6.07) is 8.73. The molecule has 3 rings (SSSR count). The number of benzene rings is 1. The summed E-state index contributed by atoms with van der Waals surface area (Å²) in [7, 11) is 0. The average Bonchev–Trinajstić information content (AvgIpc) is 2.41. The smallest absolute Gasteiger partial charge is 0.133 e. The van der Waals surface area contributed by atoms with Crippen LogP contribution in [-0.4, -0.2) is 11.5 Å². The normalized spacial score (nSPS) is 14.3. The Morgan fingerprint density at radius 2 is 2.05 bits per heavy atom. The van der Waals surface area contributed by atoms with Crippen molar-refractivity contribution >= 4 is 17.2 Å². The van der Waals surface area contributed by atoms with E-state index in [0.29, 0.717) is 0 Å². The van der Waals surface area contributed by atoms with Crippen LogP contribution in [0.3, 0.4) is 0 Å². The fourth-order valence-electron chi connectivity index (χ4n) is 2.66. The molecule has 19 heavy (non-hydrogen) atoms. The van der Waals surface area contributed by atoms with Gasteiger partial charge in [-0.25, -0.2) is 4.98 Å². The number of nitrogens with two attached hydrogens (primary N) is 1. The van der Waals surface area contributed by atoms with Gasteiger partial charge in [-0.2, -0.15) is 0 Å². The molecule has 0 saturated heterocycles. The van der Waals surface area contributed by atoms with Gasteiger partial charge in [-0.05, 0) is 49.9 Å². The predicted molar refractivity (Wildman–Crippen MR) is 79.9 cm³/mol. The molecule has 0 atom stereocenters. The number of pyridine rings is 1. The van der Waals surface area contributed by atoms with Gasteiger partial charge in [-0.15, -0.1) is 0 Å². The zero-order valence-electron chi connectivity index (χ0n) is 11.5. The number of fused-ring (bicyclic) bond motifs is 1. The van der Waals surface area contributed by atoms with E-state index in [-0.39, 0.29) is 0 Å². The summed E-state index contributed by atoms with van der Waals surface area (Å²) in [6.45, 7) is 5.19. The Bertz CT molecular complexity index is 619. The fourth-order valence-corrected chi connectivity index (χ4v) is 2.66. The summed E-state index contributed by atoms with van der Waals surface area (Å²) >= 11 is 0. The van der Waals surface area contributed by atoms with E-state index < -0.39 is 0 Å². The Morgan fingerprint density at radius 3 is 2.84 bits per heavy atom. The Balaban J connectivity index is 2.05. The third kappa shape index (κ3) is 2.16. The monoisotopic (exact) mass is 253 g/mol. The maximum absolute atomic E-state index is 5.85. The van der Waals surface area contributed by atoms with Crippen LogP contribution in [0.2, 0.25) is 0 Å². The lowest BCUT2D eigenvalue weighted by Crippen LogP contribution is -2.25. The maximum Gasteiger partial charge on any atom is 0.133 e. The lowest BCUT2D eigenvalue weighted by molar-refractivity contribution is 0.758. The van der Waals surface area contributed by atoms with Crippen molar-refractivity contribution in [3.8, 4) is 0 Å². The predicted octanol–water partition coefficient (Wildman–Crippen LogP) is 3.36. The van der Waals surface area contributed by atoms with Crippen molar-refractivity contribution in [3.05, 3.63) is 47.2 Å². The van der Waals surface area contributed by atoms with Crippen molar-refractivity contribution < 1.29 is 0 Å². The fraction of sp³-hybridized carbons (Fsp3) is 0.312. The van der Waals surface area contributed by atoms with Gasteiger partial charge in [-0.3, -0.25) is 0 Å². The standard InChI is InChI=1S/C16H19N3/c1-11-5-6-15-13(8-11)4-3-7-19(15)16-9-12(2)14(17)10-18-16/h5-6,8-10H,3-4,7,17H2,1-2H3. The molecule has 0 fully saturated rings. The minimum absolute atomic E-state index is 0.755. The molecule has 0 aliphatic carbocycles. The Morgan fingerprint density at radius 1 is 1.21 bits per heavy atom. The van der Waals surface area contributed by atoms with E-state index in [1.54, 1.807) is 6.20 Å². The van der Waals surface area contributed by atoms with Crippen LogP contribution in [0.25, 0.3) is 0 Å². The molecule has 0 bridgehead atoms. The molecule has 0 saturated carbocycles. The topological polar surface area (TPSA) is 42.1 Å². The zero-order chi connectivity index (χ0) is 13.4. The van der Waals surface area contributed by atoms with Crippen molar-refractivity contribution in [2.45, 2.75) is 26.7 Å². The van der Waals surface area contributed by atoms with E-state index in [0.717, 1.165) is 30.0 Å². The lowest BCUT2D eigenvalue weighted by Gasteiger charge is -2.31. The molecule has 0 unspecified atom stereocenters. The van der Waals surface area contributed by atoms with Crippen LogP contribution in [0, 0.1) is 13.8 Å². The SMILES string of the molecule is Cc1ccc2c(c1)CCCN2c1cc(C)c(N)cn1. The van der Waals surface area contributed by atoms with Gasteiger partial charge in [0.2, 0.25) is 0 Å². The van der Waals surface area contributed by atoms with E-state index in [4.69, 9.17) is 5.73 Å². The molecule has 3 heteroatoms. The molecular formula is C16H19N3. The first kappa shape index (κ1) is 12.0. The van der Waals surface area contributed by atoms with Crippen LogP contribution in [0.1, 0.15) is 23.1 Å². The third-order valence-electron chi connectivity index (χ3n) is 3.77. The van der Waals surface area contributed by atoms with Crippen molar-refractivity contribution in [1.82, 2.24) is 4.98 Å². The summed E-state index contributed by atoms with van der Waals surface area (Å²) in [5.41, 5.74) is 11.7. The largest absolute Gasteiger partial charge is 0.397 e. The van der Waals surface area contributed by atoms with E-state index >= 15 is 0 Å². The van der Waals surface area contributed by atoms with Gasteiger partial charge in [0.25, 0.3) is 0 Å². The van der Waals surface area contributed by atoms with Gasteiger partial charge in [0.1, 0.15) is 5.82 Å². The first-order valence-electron chi connectivity index (χ1n) is 6.74. The molecule has 0 radical (unpaired) electrons. The second kappa shape index (κ2) is 4.57. The summed E-state index contributed by atoms with van der Waals surface area (Å²) in [5, 5.41) is 0. The summed E-state index contributed by atoms with van der Waals surface area (Å²) in [6.07, 6.45) is 4.08. The lowest BCUT2D eigenvalue weighted by atomic mass is 9.99. The van der Waals surface area contributed by atoms with E-state index in [9.17, 15) is 0 Å². The highest BCUT2D eigenvalue weighted by Crippen LogP contribution is 2.33. The zero-order valence-corrected chi connectivity index (χ0v) is 11.5. The van der Waals surface area contributed by atoms with Crippen LogP contribution in [0.15, 0.2) is 30.5 Å². The number of anilines is 3. The van der Waals surface area contributed by atoms with Gasteiger partial charge in [0.15, 0.2) is 0 Å². The summed E-state index contributed by atoms with van der Waals surface area (Å²) < 4.78 is 0. The van der Waals surface area contributed by atoms with Gasteiger partial charge in [0, 0.05) is 12.2 Å². The quantitative estimate of drug-likeness (QED) is 0.847. The second-order valence-corrected chi connectivity index (χ2v) is 5.29. The molecule has 2 aromatic rings. The maximum atomic E-state index is 5.85. The number of aryl methyl sites for hydroxylation is 3. The molecule has 0 amide bonds. The summed E-state index contributed by atoms with van der Waals surface area (Å²) in [4.78, 5) is 6.78. The van der Waals surface area contributed by atoms with E-state index in [2.05, 4.69) is 41.1 Å².